The second kappa shape index (κ2) is 8.83. The van der Waals surface area contributed by atoms with E-state index < -0.39 is 34.9 Å². The van der Waals surface area contributed by atoms with Crippen molar-refractivity contribution >= 4 is 17.1 Å². The summed E-state index contributed by atoms with van der Waals surface area (Å²) in [6.45, 7) is 7.31. The third-order valence-electron chi connectivity index (χ3n) is 4.98. The molecule has 10 heteroatoms. The van der Waals surface area contributed by atoms with Crippen molar-refractivity contribution in [2.24, 2.45) is 5.92 Å². The normalized spacial score (nSPS) is 12.5. The molecule has 3 aromatic rings. The van der Waals surface area contributed by atoms with Crippen LogP contribution in [-0.4, -0.2) is 31.3 Å². The topological polar surface area (TPSA) is 88.1 Å². The molecule has 0 bridgehead atoms. The second-order valence-electron chi connectivity index (χ2n) is 7.61. The number of rotatable bonds is 7. The Morgan fingerprint density at radius 1 is 1.19 bits per heavy atom. The molecule has 0 saturated carbocycles. The lowest BCUT2D eigenvalue weighted by Crippen LogP contribution is -2.41. The molecule has 0 aliphatic carbocycles. The summed E-state index contributed by atoms with van der Waals surface area (Å²) >= 11 is 0. The molecule has 0 spiro atoms. The molecule has 0 aliphatic heterocycles. The van der Waals surface area contributed by atoms with Crippen molar-refractivity contribution in [3.05, 3.63) is 57.0 Å². The van der Waals surface area contributed by atoms with Crippen LogP contribution in [0.25, 0.3) is 16.9 Å². The first kappa shape index (κ1) is 22.4. The van der Waals surface area contributed by atoms with Gasteiger partial charge in [0.2, 0.25) is 0 Å². The number of carbonyl (C=O) groups is 1. The van der Waals surface area contributed by atoms with Gasteiger partial charge in [0, 0.05) is 12.6 Å². The molecule has 0 saturated heterocycles. The minimum atomic E-state index is -0.981. The second-order valence-corrected chi connectivity index (χ2v) is 7.61. The highest BCUT2D eigenvalue weighted by Gasteiger charge is 2.25. The summed E-state index contributed by atoms with van der Waals surface area (Å²) in [5, 5.41) is 0. The van der Waals surface area contributed by atoms with Crippen molar-refractivity contribution in [1.29, 1.82) is 0 Å². The Morgan fingerprint density at radius 2 is 1.90 bits per heavy atom. The Balaban J connectivity index is 2.36. The lowest BCUT2D eigenvalue weighted by molar-refractivity contribution is -0.146. The molecule has 0 amide bonds. The van der Waals surface area contributed by atoms with Crippen molar-refractivity contribution in [3.8, 4) is 5.69 Å². The average molecular weight is 434 g/mol. The molecule has 8 nitrogen and oxygen atoms in total. The van der Waals surface area contributed by atoms with E-state index in [9.17, 15) is 23.2 Å². The van der Waals surface area contributed by atoms with Gasteiger partial charge in [-0.15, -0.1) is 0 Å². The van der Waals surface area contributed by atoms with Gasteiger partial charge >= 0.3 is 11.7 Å². The Hall–Kier alpha value is -3.30. The summed E-state index contributed by atoms with van der Waals surface area (Å²) in [5.74, 6) is -2.17. The zero-order valence-corrected chi connectivity index (χ0v) is 17.8. The highest BCUT2D eigenvalue weighted by molar-refractivity contribution is 5.79. The van der Waals surface area contributed by atoms with Gasteiger partial charge in [-0.1, -0.05) is 13.8 Å². The van der Waals surface area contributed by atoms with Crippen LogP contribution in [0.4, 0.5) is 8.78 Å². The highest BCUT2D eigenvalue weighted by atomic mass is 19.1. The molecule has 166 valence electrons. The molecule has 0 unspecified atom stereocenters. The number of ether oxygens (including phenoxy) is 1. The van der Waals surface area contributed by atoms with E-state index in [-0.39, 0.29) is 35.9 Å². The lowest BCUT2D eigenvalue weighted by Gasteiger charge is -2.16. The van der Waals surface area contributed by atoms with Gasteiger partial charge in [0.25, 0.3) is 5.56 Å². The van der Waals surface area contributed by atoms with Crippen LogP contribution in [0, 0.1) is 17.6 Å². The maximum absolute atomic E-state index is 14.6. The van der Waals surface area contributed by atoms with Crippen LogP contribution in [0.2, 0.25) is 0 Å². The fourth-order valence-electron chi connectivity index (χ4n) is 3.28. The van der Waals surface area contributed by atoms with E-state index in [4.69, 9.17) is 4.74 Å². The molecule has 0 N–H and O–H groups in total. The standard InChI is InChI=1S/C21H24F2N4O4/c1-5-31-20(29)13(4)26-11-24-18-17(26)19(28)25(9-8-12(2)3)21(30)27(18)16-7-6-14(22)10-15(16)23/h6-7,10-13H,5,8-9H2,1-4H3/t13-/m1/s1. The molecule has 2 heterocycles. The quantitative estimate of drug-likeness (QED) is 0.534. The van der Waals surface area contributed by atoms with Gasteiger partial charge in [-0.3, -0.25) is 9.36 Å². The molecule has 3 rings (SSSR count). The van der Waals surface area contributed by atoms with Crippen molar-refractivity contribution in [1.82, 2.24) is 18.7 Å². The van der Waals surface area contributed by atoms with E-state index in [0.29, 0.717) is 12.5 Å². The number of esters is 1. The predicted molar refractivity (Wildman–Crippen MR) is 110 cm³/mol. The fourth-order valence-corrected chi connectivity index (χ4v) is 3.28. The van der Waals surface area contributed by atoms with E-state index in [0.717, 1.165) is 21.3 Å². The van der Waals surface area contributed by atoms with Crippen LogP contribution in [0.5, 0.6) is 0 Å². The van der Waals surface area contributed by atoms with Crippen molar-refractivity contribution in [2.75, 3.05) is 6.61 Å². The van der Waals surface area contributed by atoms with Crippen LogP contribution < -0.4 is 11.2 Å². The van der Waals surface area contributed by atoms with Gasteiger partial charge in [0.15, 0.2) is 11.2 Å². The molecular formula is C21H24F2N4O4. The van der Waals surface area contributed by atoms with E-state index in [1.54, 1.807) is 6.92 Å². The Kier molecular flexibility index (Phi) is 6.37. The predicted octanol–water partition coefficient (Wildman–Crippen LogP) is 2.80. The number of halogens is 2. The number of fused-ring (bicyclic) bond motifs is 1. The Labute approximate surface area is 176 Å². The fraction of sp³-hybridized carbons (Fsp3) is 0.429. The molecule has 31 heavy (non-hydrogen) atoms. The van der Waals surface area contributed by atoms with Gasteiger partial charge in [0.1, 0.15) is 17.7 Å². The zero-order chi connectivity index (χ0) is 22.9. The van der Waals surface area contributed by atoms with Crippen molar-refractivity contribution in [2.45, 2.75) is 46.7 Å². The number of hydrogen-bond donors (Lipinski definition) is 0. The Morgan fingerprint density at radius 3 is 2.52 bits per heavy atom. The summed E-state index contributed by atoms with van der Waals surface area (Å²) in [5.41, 5.74) is -1.86. The summed E-state index contributed by atoms with van der Waals surface area (Å²) in [6.07, 6.45) is 1.76. The first-order valence-electron chi connectivity index (χ1n) is 10.0. The molecular weight excluding hydrogens is 410 g/mol. The van der Waals surface area contributed by atoms with E-state index in [1.807, 2.05) is 13.8 Å². The van der Waals surface area contributed by atoms with E-state index in [1.165, 1.54) is 17.8 Å². The van der Waals surface area contributed by atoms with Crippen molar-refractivity contribution < 1.29 is 18.3 Å². The number of carbonyl (C=O) groups excluding carboxylic acids is 1. The SMILES string of the molecule is CCOC(=O)[C@@H](C)n1cnc2c1c(=O)n(CCC(C)C)c(=O)n2-c1ccc(F)cc1F. The smallest absolute Gasteiger partial charge is 0.337 e. The first-order valence-corrected chi connectivity index (χ1v) is 10.0. The van der Waals surface area contributed by atoms with Crippen LogP contribution in [0.15, 0.2) is 34.1 Å². The number of hydrogen-bond acceptors (Lipinski definition) is 5. The van der Waals surface area contributed by atoms with E-state index >= 15 is 0 Å². The number of imidazole rings is 1. The van der Waals surface area contributed by atoms with E-state index in [2.05, 4.69) is 4.98 Å². The average Bonchev–Trinajstić information content (AvgIpc) is 3.13. The summed E-state index contributed by atoms with van der Waals surface area (Å²) < 4.78 is 36.3. The maximum atomic E-state index is 14.6. The zero-order valence-electron chi connectivity index (χ0n) is 17.8. The largest absolute Gasteiger partial charge is 0.464 e. The van der Waals surface area contributed by atoms with Crippen LogP contribution in [-0.2, 0) is 16.1 Å². The number of nitrogens with zero attached hydrogens (tertiary/aromatic N) is 4. The molecule has 2 aromatic heterocycles. The molecule has 1 aromatic carbocycles. The minimum Gasteiger partial charge on any atom is -0.464 e. The van der Waals surface area contributed by atoms with Gasteiger partial charge in [-0.25, -0.2) is 27.9 Å². The molecule has 1 atom stereocenters. The van der Waals surface area contributed by atoms with Crippen LogP contribution in [0.1, 0.15) is 40.2 Å². The van der Waals surface area contributed by atoms with Gasteiger partial charge in [-0.2, -0.15) is 0 Å². The van der Waals surface area contributed by atoms with Crippen molar-refractivity contribution in [3.63, 3.8) is 0 Å². The highest BCUT2D eigenvalue weighted by Crippen LogP contribution is 2.20. The molecule has 0 aliphatic rings. The first-order chi connectivity index (χ1) is 14.7. The van der Waals surface area contributed by atoms with Gasteiger partial charge in [0.05, 0.1) is 18.6 Å². The van der Waals surface area contributed by atoms with Gasteiger partial charge < -0.3 is 9.30 Å². The monoisotopic (exact) mass is 434 g/mol. The molecule has 0 radical (unpaired) electrons. The van der Waals surface area contributed by atoms with Crippen LogP contribution >= 0.6 is 0 Å². The summed E-state index contributed by atoms with van der Waals surface area (Å²) in [6, 6.07) is 1.87. The summed E-state index contributed by atoms with van der Waals surface area (Å²) in [4.78, 5) is 42.8. The lowest BCUT2D eigenvalue weighted by atomic mass is 10.1. The van der Waals surface area contributed by atoms with Gasteiger partial charge in [-0.05, 0) is 38.3 Å². The molecule has 0 fully saturated rings. The third kappa shape index (κ3) is 4.14. The van der Waals surface area contributed by atoms with Crippen LogP contribution in [0.3, 0.4) is 0 Å². The third-order valence-corrected chi connectivity index (χ3v) is 4.98. The summed E-state index contributed by atoms with van der Waals surface area (Å²) in [7, 11) is 0. The number of aromatic nitrogens is 4. The maximum Gasteiger partial charge on any atom is 0.337 e. The minimum absolute atomic E-state index is 0.0485. The number of benzene rings is 1. The Bertz CT molecular complexity index is 1240.